The van der Waals surface area contributed by atoms with Crippen LogP contribution in [0.15, 0.2) is 5.16 Å². The summed E-state index contributed by atoms with van der Waals surface area (Å²) in [5.74, 6) is -0.338. The number of nitrogens with zero attached hydrogens (tertiary/aromatic N) is 1. The molecule has 0 spiro atoms. The fourth-order valence-corrected chi connectivity index (χ4v) is 4.08. The second-order valence-corrected chi connectivity index (χ2v) is 9.32. The van der Waals surface area contributed by atoms with Gasteiger partial charge in [-0.1, -0.05) is 11.6 Å². The van der Waals surface area contributed by atoms with Crippen molar-refractivity contribution >= 4 is 11.6 Å². The third-order valence-corrected chi connectivity index (χ3v) is 6.34. The third kappa shape index (κ3) is 6.79. The van der Waals surface area contributed by atoms with Gasteiger partial charge in [0.15, 0.2) is 6.29 Å². The molecular weight excluding hydrogens is 415 g/mol. The molecule has 3 aliphatic rings. The van der Waals surface area contributed by atoms with Gasteiger partial charge in [0, 0.05) is 24.9 Å². The van der Waals surface area contributed by atoms with E-state index in [4.69, 9.17) is 14.3 Å². The molecule has 10 heteroatoms. The van der Waals surface area contributed by atoms with Crippen LogP contribution in [-0.2, 0) is 19.1 Å². The van der Waals surface area contributed by atoms with Gasteiger partial charge in [0.05, 0.1) is 17.9 Å². The van der Waals surface area contributed by atoms with Crippen LogP contribution in [0.2, 0.25) is 0 Å². The van der Waals surface area contributed by atoms with Crippen molar-refractivity contribution in [1.29, 1.82) is 0 Å². The fraction of sp³-hybridized carbons (Fsp3) is 0.905. The third-order valence-electron chi connectivity index (χ3n) is 6.34. The summed E-state index contributed by atoms with van der Waals surface area (Å²) < 4.78 is 48.5. The van der Waals surface area contributed by atoms with Crippen molar-refractivity contribution < 1.29 is 32.3 Å². The molecule has 31 heavy (non-hydrogen) atoms. The molecule has 7 nitrogen and oxygen atoms in total. The largest absolute Gasteiger partial charge is 0.389 e. The number of alkyl halides is 3. The van der Waals surface area contributed by atoms with Crippen molar-refractivity contribution in [3.8, 4) is 0 Å². The normalized spacial score (nSPS) is 26.0. The van der Waals surface area contributed by atoms with Crippen LogP contribution >= 0.6 is 0 Å². The number of ether oxygens (including phenoxy) is 2. The van der Waals surface area contributed by atoms with Gasteiger partial charge < -0.3 is 24.9 Å². The Balaban J connectivity index is 1.43. The molecule has 2 fully saturated rings. The summed E-state index contributed by atoms with van der Waals surface area (Å²) in [6.45, 7) is 4.63. The van der Waals surface area contributed by atoms with Crippen LogP contribution in [0.1, 0.15) is 71.6 Å². The smallest absolute Gasteiger partial charge is 0.370 e. The number of hydrogen-bond acceptors (Lipinski definition) is 6. The first kappa shape index (κ1) is 24.3. The topological polar surface area (TPSA) is 81.2 Å². The second kappa shape index (κ2) is 10.0. The molecule has 2 heterocycles. The lowest BCUT2D eigenvalue weighted by atomic mass is 9.65. The molecule has 1 amide bonds. The SMILES string of the molecule is CC(C)(NCCCC(F)(F)F)C(=O)NC1CC(C2(COC3CCCCO3)CCC2)=NO1. The summed E-state index contributed by atoms with van der Waals surface area (Å²) >= 11 is 0. The Morgan fingerprint density at radius 3 is 2.65 bits per heavy atom. The molecule has 0 bridgehead atoms. The first-order valence-electron chi connectivity index (χ1n) is 11.2. The predicted octanol–water partition coefficient (Wildman–Crippen LogP) is 3.63. The average Bonchev–Trinajstić information content (AvgIpc) is 3.13. The number of hydrogen-bond donors (Lipinski definition) is 2. The summed E-state index contributed by atoms with van der Waals surface area (Å²) in [6.07, 6.45) is 0.699. The predicted molar refractivity (Wildman–Crippen MR) is 108 cm³/mol. The van der Waals surface area contributed by atoms with Crippen LogP contribution in [0.5, 0.6) is 0 Å². The van der Waals surface area contributed by atoms with E-state index in [0.717, 1.165) is 50.8 Å². The summed E-state index contributed by atoms with van der Waals surface area (Å²) in [5.41, 5.74) is -0.283. The Labute approximate surface area is 181 Å². The zero-order valence-corrected chi connectivity index (χ0v) is 18.4. The molecular formula is C21H34F3N3O4. The van der Waals surface area contributed by atoms with Gasteiger partial charge >= 0.3 is 6.18 Å². The first-order chi connectivity index (χ1) is 14.6. The van der Waals surface area contributed by atoms with Gasteiger partial charge in [0.25, 0.3) is 0 Å². The Hall–Kier alpha value is -1.39. The highest BCUT2D eigenvalue weighted by atomic mass is 19.4. The molecule has 2 aliphatic heterocycles. The summed E-state index contributed by atoms with van der Waals surface area (Å²) in [6, 6.07) is 0. The van der Waals surface area contributed by atoms with Gasteiger partial charge in [-0.25, -0.2) is 0 Å². The highest BCUT2D eigenvalue weighted by Gasteiger charge is 2.46. The molecule has 1 aliphatic carbocycles. The molecule has 178 valence electrons. The van der Waals surface area contributed by atoms with Crippen LogP contribution < -0.4 is 10.6 Å². The molecule has 1 saturated heterocycles. The van der Waals surface area contributed by atoms with E-state index >= 15 is 0 Å². The molecule has 2 unspecified atom stereocenters. The van der Waals surface area contributed by atoms with E-state index < -0.39 is 24.4 Å². The number of carbonyl (C=O) groups excluding carboxylic acids is 1. The minimum Gasteiger partial charge on any atom is -0.370 e. The van der Waals surface area contributed by atoms with Crippen molar-refractivity contribution in [3.05, 3.63) is 0 Å². The van der Waals surface area contributed by atoms with E-state index in [1.54, 1.807) is 13.8 Å². The molecule has 0 aromatic rings. The first-order valence-corrected chi connectivity index (χ1v) is 11.2. The van der Waals surface area contributed by atoms with E-state index in [1.807, 2.05) is 0 Å². The van der Waals surface area contributed by atoms with Crippen LogP contribution in [0.4, 0.5) is 13.2 Å². The van der Waals surface area contributed by atoms with Crippen molar-refractivity contribution in [2.75, 3.05) is 19.8 Å². The van der Waals surface area contributed by atoms with E-state index in [0.29, 0.717) is 13.0 Å². The van der Waals surface area contributed by atoms with Crippen LogP contribution in [-0.4, -0.2) is 55.6 Å². The maximum Gasteiger partial charge on any atom is 0.389 e. The lowest BCUT2D eigenvalue weighted by molar-refractivity contribution is -0.178. The lowest BCUT2D eigenvalue weighted by Crippen LogP contribution is -2.55. The number of nitrogens with one attached hydrogen (secondary N) is 2. The molecule has 1 saturated carbocycles. The fourth-order valence-electron chi connectivity index (χ4n) is 4.08. The molecule has 2 N–H and O–H groups in total. The monoisotopic (exact) mass is 449 g/mol. The number of carbonyl (C=O) groups is 1. The molecule has 0 aromatic heterocycles. The number of rotatable bonds is 10. The van der Waals surface area contributed by atoms with Gasteiger partial charge in [-0.2, -0.15) is 13.2 Å². The van der Waals surface area contributed by atoms with Crippen LogP contribution in [0.3, 0.4) is 0 Å². The van der Waals surface area contributed by atoms with Crippen molar-refractivity contribution in [2.45, 2.75) is 95.9 Å². The minimum absolute atomic E-state index is 0.0827. The Morgan fingerprint density at radius 1 is 1.26 bits per heavy atom. The Bertz CT molecular complexity index is 644. The average molecular weight is 450 g/mol. The van der Waals surface area contributed by atoms with Crippen LogP contribution in [0.25, 0.3) is 0 Å². The van der Waals surface area contributed by atoms with E-state index in [1.165, 1.54) is 0 Å². The summed E-state index contributed by atoms with van der Waals surface area (Å²) in [5, 5.41) is 9.94. The zero-order chi connectivity index (χ0) is 22.5. The standard InChI is InChI=1S/C21H34F3N3O4/c1-19(2,25-11-6-10-21(22,23)24)18(28)26-16-13-15(27-31-16)20(8-5-9-20)14-30-17-7-3-4-12-29-17/h16-17,25H,3-14H2,1-2H3,(H,26,28). The van der Waals surface area contributed by atoms with Gasteiger partial charge in [0.1, 0.15) is 0 Å². The van der Waals surface area contributed by atoms with Crippen LogP contribution in [0, 0.1) is 5.41 Å². The highest BCUT2D eigenvalue weighted by Crippen LogP contribution is 2.45. The quantitative estimate of drug-likeness (QED) is 0.498. The minimum atomic E-state index is -4.19. The summed E-state index contributed by atoms with van der Waals surface area (Å²) in [4.78, 5) is 18.1. The Morgan fingerprint density at radius 2 is 2.03 bits per heavy atom. The maximum absolute atomic E-state index is 12.6. The van der Waals surface area contributed by atoms with Gasteiger partial charge in [0.2, 0.25) is 12.1 Å². The van der Waals surface area contributed by atoms with Gasteiger partial charge in [-0.05, 0) is 58.9 Å². The number of amides is 1. The summed E-state index contributed by atoms with van der Waals surface area (Å²) in [7, 11) is 0. The van der Waals surface area contributed by atoms with Crippen molar-refractivity contribution in [1.82, 2.24) is 10.6 Å². The van der Waals surface area contributed by atoms with Crippen molar-refractivity contribution in [3.63, 3.8) is 0 Å². The molecule has 2 atom stereocenters. The van der Waals surface area contributed by atoms with Crippen molar-refractivity contribution in [2.24, 2.45) is 10.6 Å². The zero-order valence-electron chi connectivity index (χ0n) is 18.4. The molecule has 0 radical (unpaired) electrons. The maximum atomic E-state index is 12.6. The Kier molecular flexibility index (Phi) is 7.86. The van der Waals surface area contributed by atoms with E-state index in [-0.39, 0.29) is 30.6 Å². The van der Waals surface area contributed by atoms with E-state index in [2.05, 4.69) is 15.8 Å². The highest BCUT2D eigenvalue weighted by molar-refractivity contribution is 5.93. The lowest BCUT2D eigenvalue weighted by Gasteiger charge is -2.42. The second-order valence-electron chi connectivity index (χ2n) is 9.32. The number of halogens is 3. The molecule has 0 aromatic carbocycles. The van der Waals surface area contributed by atoms with Gasteiger partial charge in [-0.3, -0.25) is 4.79 Å². The number of oxime groups is 1. The molecule has 3 rings (SSSR count). The van der Waals surface area contributed by atoms with Gasteiger partial charge in [-0.15, -0.1) is 0 Å². The van der Waals surface area contributed by atoms with E-state index in [9.17, 15) is 18.0 Å².